The molecule has 1 unspecified atom stereocenters. The van der Waals surface area contributed by atoms with Crippen LogP contribution in [0.2, 0.25) is 0 Å². The molecule has 1 amide bonds. The predicted molar refractivity (Wildman–Crippen MR) is 111 cm³/mol. The zero-order chi connectivity index (χ0) is 21.4. The lowest BCUT2D eigenvalue weighted by Gasteiger charge is -2.17. The third-order valence-electron chi connectivity index (χ3n) is 4.01. The fourth-order valence-electron chi connectivity index (χ4n) is 2.62. The Bertz CT molecular complexity index is 862. The van der Waals surface area contributed by atoms with E-state index in [1.807, 2.05) is 25.1 Å². The molecule has 1 N–H and O–H groups in total. The monoisotopic (exact) mass is 419 g/mol. The van der Waals surface area contributed by atoms with Crippen LogP contribution < -0.4 is 10.1 Å². The first kappa shape index (κ1) is 22.4. The first-order valence-electron chi connectivity index (χ1n) is 9.42. The molecular formula is C21H25NO6S. The van der Waals surface area contributed by atoms with E-state index in [2.05, 4.69) is 5.32 Å². The van der Waals surface area contributed by atoms with Crippen molar-refractivity contribution in [2.24, 2.45) is 0 Å². The minimum Gasteiger partial charge on any atom is -0.481 e. The lowest BCUT2D eigenvalue weighted by molar-refractivity contribution is -0.122. The van der Waals surface area contributed by atoms with Crippen molar-refractivity contribution in [1.82, 2.24) is 0 Å². The maximum absolute atomic E-state index is 12.8. The second kappa shape index (κ2) is 10.6. The van der Waals surface area contributed by atoms with Crippen LogP contribution in [0.15, 0.2) is 30.3 Å². The number of carbonyl (C=O) groups excluding carboxylic acids is 3. The van der Waals surface area contributed by atoms with Crippen LogP contribution in [0.1, 0.15) is 52.8 Å². The van der Waals surface area contributed by atoms with Crippen LogP contribution in [0.3, 0.4) is 0 Å². The molecule has 2 rings (SSSR count). The molecular weight excluding hydrogens is 394 g/mol. The molecule has 0 saturated heterocycles. The highest BCUT2D eigenvalue weighted by Crippen LogP contribution is 2.34. The summed E-state index contributed by atoms with van der Waals surface area (Å²) < 4.78 is 15.9. The Morgan fingerprint density at radius 1 is 1.00 bits per heavy atom. The molecule has 1 aromatic heterocycles. The topological polar surface area (TPSA) is 90.9 Å². The maximum Gasteiger partial charge on any atom is 0.348 e. The van der Waals surface area contributed by atoms with Crippen LogP contribution in [-0.2, 0) is 14.3 Å². The zero-order valence-corrected chi connectivity index (χ0v) is 17.8. The first-order chi connectivity index (χ1) is 13.9. The third kappa shape index (κ3) is 5.57. The van der Waals surface area contributed by atoms with Crippen molar-refractivity contribution in [2.75, 3.05) is 18.5 Å². The van der Waals surface area contributed by atoms with Gasteiger partial charge in [0.05, 0.1) is 18.8 Å². The molecule has 0 spiro atoms. The summed E-state index contributed by atoms with van der Waals surface area (Å²) in [5.74, 6) is -1.01. The smallest absolute Gasteiger partial charge is 0.348 e. The van der Waals surface area contributed by atoms with Crippen LogP contribution in [0.4, 0.5) is 5.00 Å². The number of thiophene rings is 1. The highest BCUT2D eigenvalue weighted by Gasteiger charge is 2.29. The zero-order valence-electron chi connectivity index (χ0n) is 16.9. The van der Waals surface area contributed by atoms with E-state index in [9.17, 15) is 14.4 Å². The summed E-state index contributed by atoms with van der Waals surface area (Å²) >= 11 is 0.988. The summed E-state index contributed by atoms with van der Waals surface area (Å²) in [4.78, 5) is 37.7. The first-order valence-corrected chi connectivity index (χ1v) is 10.2. The average Bonchev–Trinajstić information content (AvgIpc) is 3.03. The van der Waals surface area contributed by atoms with E-state index in [-0.39, 0.29) is 28.7 Å². The number of amides is 1. The predicted octanol–water partition coefficient (Wildman–Crippen LogP) is 4.21. The molecule has 2 aromatic rings. The van der Waals surface area contributed by atoms with Crippen LogP contribution in [0, 0.1) is 6.92 Å². The van der Waals surface area contributed by atoms with Gasteiger partial charge in [0.15, 0.2) is 6.10 Å². The lowest BCUT2D eigenvalue weighted by atomic mass is 10.1. The van der Waals surface area contributed by atoms with Gasteiger partial charge in [0.1, 0.15) is 15.6 Å². The normalized spacial score (nSPS) is 11.4. The van der Waals surface area contributed by atoms with Crippen LogP contribution >= 0.6 is 11.3 Å². The Balaban J connectivity index is 2.31. The molecule has 1 aromatic carbocycles. The van der Waals surface area contributed by atoms with E-state index >= 15 is 0 Å². The number of rotatable bonds is 9. The third-order valence-corrected chi connectivity index (χ3v) is 5.20. The van der Waals surface area contributed by atoms with Gasteiger partial charge < -0.3 is 19.5 Å². The second-order valence-electron chi connectivity index (χ2n) is 6.02. The minimum atomic E-state index is -0.763. The van der Waals surface area contributed by atoms with Gasteiger partial charge in [-0.25, -0.2) is 9.59 Å². The molecule has 0 bridgehead atoms. The molecule has 156 valence electrons. The fourth-order valence-corrected chi connectivity index (χ4v) is 3.71. The standard InChI is InChI=1S/C21H25NO6S/c1-5-15(28-14-11-9-8-10-12-14)18(23)22-19-16(20(24)26-6-2)13(4)17(29-19)21(25)27-7-3/h8-12,15H,5-7H2,1-4H3,(H,22,23). The Morgan fingerprint density at radius 3 is 2.21 bits per heavy atom. The van der Waals surface area contributed by atoms with Gasteiger partial charge in [0, 0.05) is 0 Å². The van der Waals surface area contributed by atoms with Crippen molar-refractivity contribution in [1.29, 1.82) is 0 Å². The number of carbonyl (C=O) groups is 3. The fraction of sp³-hybridized carbons (Fsp3) is 0.381. The minimum absolute atomic E-state index is 0.155. The van der Waals surface area contributed by atoms with E-state index in [0.717, 1.165) is 11.3 Å². The van der Waals surface area contributed by atoms with Crippen molar-refractivity contribution >= 4 is 34.2 Å². The summed E-state index contributed by atoms with van der Waals surface area (Å²) in [7, 11) is 0. The van der Waals surface area contributed by atoms with Gasteiger partial charge in [0.25, 0.3) is 5.91 Å². The van der Waals surface area contributed by atoms with Gasteiger partial charge in [-0.2, -0.15) is 0 Å². The molecule has 29 heavy (non-hydrogen) atoms. The highest BCUT2D eigenvalue weighted by molar-refractivity contribution is 7.18. The highest BCUT2D eigenvalue weighted by atomic mass is 32.1. The quantitative estimate of drug-likeness (QED) is 0.613. The SMILES string of the molecule is CCOC(=O)c1sc(NC(=O)C(CC)Oc2ccccc2)c(C(=O)OCC)c1C. The van der Waals surface area contributed by atoms with Gasteiger partial charge in [-0.3, -0.25) is 4.79 Å². The molecule has 0 aliphatic heterocycles. The molecule has 0 aliphatic carbocycles. The van der Waals surface area contributed by atoms with E-state index in [0.29, 0.717) is 17.7 Å². The number of hydrogen-bond donors (Lipinski definition) is 1. The number of esters is 2. The molecule has 8 heteroatoms. The molecule has 0 fully saturated rings. The van der Waals surface area contributed by atoms with E-state index < -0.39 is 23.9 Å². The van der Waals surface area contributed by atoms with E-state index in [4.69, 9.17) is 14.2 Å². The average molecular weight is 419 g/mol. The summed E-state index contributed by atoms with van der Waals surface area (Å²) in [6.07, 6.45) is -0.342. The molecule has 0 radical (unpaired) electrons. The number of benzene rings is 1. The summed E-state index contributed by atoms with van der Waals surface area (Å²) in [6.45, 7) is 7.21. The van der Waals surface area contributed by atoms with Gasteiger partial charge in [0.2, 0.25) is 0 Å². The molecule has 7 nitrogen and oxygen atoms in total. The van der Waals surface area contributed by atoms with Gasteiger partial charge >= 0.3 is 11.9 Å². The Kier molecular flexibility index (Phi) is 8.21. The summed E-state index contributed by atoms with van der Waals surface area (Å²) in [5, 5.41) is 2.97. The van der Waals surface area contributed by atoms with Crippen molar-refractivity contribution < 1.29 is 28.6 Å². The molecule has 0 aliphatic rings. The number of nitrogens with one attached hydrogen (secondary N) is 1. The van der Waals surface area contributed by atoms with Crippen LogP contribution in [0.5, 0.6) is 5.75 Å². The van der Waals surface area contributed by atoms with Crippen molar-refractivity contribution in [3.8, 4) is 5.75 Å². The van der Waals surface area contributed by atoms with Crippen LogP contribution in [-0.4, -0.2) is 37.2 Å². The summed E-state index contributed by atoms with van der Waals surface area (Å²) in [5.41, 5.74) is 0.571. The van der Waals surface area contributed by atoms with Gasteiger partial charge in [-0.1, -0.05) is 25.1 Å². The maximum atomic E-state index is 12.8. The largest absolute Gasteiger partial charge is 0.481 e. The second-order valence-corrected chi connectivity index (χ2v) is 7.04. The van der Waals surface area contributed by atoms with Gasteiger partial charge in [-0.05, 0) is 44.9 Å². The van der Waals surface area contributed by atoms with Gasteiger partial charge in [-0.15, -0.1) is 11.3 Å². The molecule has 0 saturated carbocycles. The van der Waals surface area contributed by atoms with E-state index in [1.165, 1.54) is 0 Å². The number of hydrogen-bond acceptors (Lipinski definition) is 7. The van der Waals surface area contributed by atoms with Crippen molar-refractivity contribution in [3.05, 3.63) is 46.3 Å². The molecule has 1 atom stereocenters. The number of para-hydroxylation sites is 1. The lowest BCUT2D eigenvalue weighted by Crippen LogP contribution is -2.32. The van der Waals surface area contributed by atoms with Crippen LogP contribution in [0.25, 0.3) is 0 Å². The molecule has 1 heterocycles. The van der Waals surface area contributed by atoms with Crippen molar-refractivity contribution in [2.45, 2.75) is 40.2 Å². The Hall–Kier alpha value is -2.87. The summed E-state index contributed by atoms with van der Waals surface area (Å²) in [6, 6.07) is 8.99. The Morgan fingerprint density at radius 2 is 1.62 bits per heavy atom. The van der Waals surface area contributed by atoms with E-state index in [1.54, 1.807) is 32.9 Å². The van der Waals surface area contributed by atoms with Crippen molar-refractivity contribution in [3.63, 3.8) is 0 Å². The number of ether oxygens (including phenoxy) is 3. The number of anilines is 1. The Labute approximate surface area is 174 Å².